The second kappa shape index (κ2) is 10.2. The molecule has 0 saturated heterocycles. The van der Waals surface area contributed by atoms with Crippen molar-refractivity contribution >= 4 is 103 Å². The molecular formula is C50H28N4. The predicted molar refractivity (Wildman–Crippen MR) is 226 cm³/mol. The van der Waals surface area contributed by atoms with E-state index in [0.29, 0.717) is 5.82 Å². The minimum absolute atomic E-state index is 0.712. The molecule has 13 aromatic rings. The van der Waals surface area contributed by atoms with Crippen LogP contribution in [0.2, 0.25) is 0 Å². The highest BCUT2D eigenvalue weighted by molar-refractivity contribution is 6.37. The Kier molecular flexibility index (Phi) is 5.34. The van der Waals surface area contributed by atoms with Gasteiger partial charge in [0.15, 0.2) is 5.82 Å². The molecule has 0 aliphatic carbocycles. The Morgan fingerprint density at radius 3 is 1.81 bits per heavy atom. The van der Waals surface area contributed by atoms with Gasteiger partial charge < -0.3 is 4.40 Å². The molecule has 0 fully saturated rings. The van der Waals surface area contributed by atoms with E-state index in [0.717, 1.165) is 33.3 Å². The molecule has 9 aromatic carbocycles. The number of fused-ring (bicyclic) bond motifs is 16. The number of rotatable bonds is 2. The molecule has 0 atom stereocenters. The van der Waals surface area contributed by atoms with E-state index in [1.165, 1.54) is 81.2 Å². The summed E-state index contributed by atoms with van der Waals surface area (Å²) in [7, 11) is 0. The van der Waals surface area contributed by atoms with E-state index < -0.39 is 0 Å². The maximum absolute atomic E-state index is 5.51. The molecule has 0 saturated carbocycles. The Hall–Kier alpha value is -7.30. The quantitative estimate of drug-likeness (QED) is 0.170. The van der Waals surface area contributed by atoms with Gasteiger partial charge in [-0.2, -0.15) is 0 Å². The van der Waals surface area contributed by atoms with Gasteiger partial charge in [0.1, 0.15) is 5.82 Å². The van der Waals surface area contributed by atoms with Crippen LogP contribution in [0.15, 0.2) is 170 Å². The highest BCUT2D eigenvalue weighted by atomic mass is 15.1. The molecule has 0 unspecified atom stereocenters. The summed E-state index contributed by atoms with van der Waals surface area (Å²) in [5, 5.41) is 15.9. The molecule has 4 aromatic heterocycles. The van der Waals surface area contributed by atoms with Gasteiger partial charge in [0.05, 0.1) is 33.1 Å². The van der Waals surface area contributed by atoms with Crippen molar-refractivity contribution < 1.29 is 0 Å². The smallest absolute Gasteiger partial charge is 0.162 e. The Morgan fingerprint density at radius 1 is 0.352 bits per heavy atom. The van der Waals surface area contributed by atoms with Gasteiger partial charge in [-0.1, -0.05) is 133 Å². The van der Waals surface area contributed by atoms with Gasteiger partial charge >= 0.3 is 0 Å². The standard InChI is InChI=1S/C50H28N4/c1-3-13-33-29(11-1)21-22-31-27-32(24-25-34(31)33)49-51-41-18-8-5-15-37(41)50(52-49)53-42-19-9-6-16-38(42)45-44(53)28-40-36-26-23-30-12-2-4-14-35(30)47(36)54-43-20-10-7-17-39(43)46(45)48(40)54/h1-28H. The van der Waals surface area contributed by atoms with Crippen LogP contribution < -0.4 is 0 Å². The minimum Gasteiger partial charge on any atom is -0.307 e. The summed E-state index contributed by atoms with van der Waals surface area (Å²) in [6.45, 7) is 0. The number of aromatic nitrogens is 4. The molecule has 0 aliphatic rings. The zero-order valence-corrected chi connectivity index (χ0v) is 29.0. The first-order valence-electron chi connectivity index (χ1n) is 18.5. The lowest BCUT2D eigenvalue weighted by Crippen LogP contribution is -2.02. The molecule has 0 spiro atoms. The van der Waals surface area contributed by atoms with Gasteiger partial charge in [0.25, 0.3) is 0 Å². The Morgan fingerprint density at radius 2 is 0.963 bits per heavy atom. The van der Waals surface area contributed by atoms with E-state index in [-0.39, 0.29) is 0 Å². The first-order chi connectivity index (χ1) is 26.8. The zero-order chi connectivity index (χ0) is 35.1. The Bertz CT molecular complexity index is 3740. The van der Waals surface area contributed by atoms with Crippen LogP contribution in [-0.2, 0) is 0 Å². The lowest BCUT2D eigenvalue weighted by atomic mass is 10.00. The topological polar surface area (TPSA) is 35.1 Å². The second-order valence-corrected chi connectivity index (χ2v) is 14.5. The summed E-state index contributed by atoms with van der Waals surface area (Å²) in [6.07, 6.45) is 0. The number of nitrogens with zero attached hydrogens (tertiary/aromatic N) is 4. The van der Waals surface area contributed by atoms with Crippen molar-refractivity contribution in [3.05, 3.63) is 170 Å². The van der Waals surface area contributed by atoms with Crippen LogP contribution in [0.25, 0.3) is 120 Å². The first-order valence-corrected chi connectivity index (χ1v) is 18.5. The van der Waals surface area contributed by atoms with E-state index in [4.69, 9.17) is 9.97 Å². The summed E-state index contributed by atoms with van der Waals surface area (Å²) in [6, 6.07) is 61.6. The minimum atomic E-state index is 0.712. The van der Waals surface area contributed by atoms with Crippen LogP contribution in [0, 0.1) is 0 Å². The second-order valence-electron chi connectivity index (χ2n) is 14.5. The fourth-order valence-corrected chi connectivity index (χ4v) is 9.50. The van der Waals surface area contributed by atoms with Gasteiger partial charge in [0, 0.05) is 48.7 Å². The van der Waals surface area contributed by atoms with Crippen molar-refractivity contribution in [2.75, 3.05) is 0 Å². The molecule has 248 valence electrons. The van der Waals surface area contributed by atoms with E-state index in [1.54, 1.807) is 0 Å². The van der Waals surface area contributed by atoms with Crippen molar-refractivity contribution in [2.24, 2.45) is 0 Å². The normalized spacial score (nSPS) is 12.4. The monoisotopic (exact) mass is 684 g/mol. The first kappa shape index (κ1) is 28.3. The van der Waals surface area contributed by atoms with Gasteiger partial charge in [0.2, 0.25) is 0 Å². The van der Waals surface area contributed by atoms with Crippen LogP contribution in [0.4, 0.5) is 0 Å². The number of para-hydroxylation sites is 3. The average molecular weight is 685 g/mol. The van der Waals surface area contributed by atoms with Crippen molar-refractivity contribution in [1.29, 1.82) is 0 Å². The molecule has 0 radical (unpaired) electrons. The maximum atomic E-state index is 5.51. The van der Waals surface area contributed by atoms with Crippen molar-refractivity contribution in [3.8, 4) is 17.2 Å². The largest absolute Gasteiger partial charge is 0.307 e. The molecule has 0 aliphatic heterocycles. The van der Waals surface area contributed by atoms with Crippen LogP contribution in [0.5, 0.6) is 0 Å². The molecule has 54 heavy (non-hydrogen) atoms. The summed E-state index contributed by atoms with van der Waals surface area (Å²) in [4.78, 5) is 10.7. The molecule has 4 heteroatoms. The fourth-order valence-electron chi connectivity index (χ4n) is 9.50. The molecule has 0 N–H and O–H groups in total. The number of hydrogen-bond donors (Lipinski definition) is 0. The predicted octanol–water partition coefficient (Wildman–Crippen LogP) is 13.0. The third-order valence-electron chi connectivity index (χ3n) is 11.8. The van der Waals surface area contributed by atoms with Gasteiger partial charge in [-0.25, -0.2) is 9.97 Å². The lowest BCUT2D eigenvalue weighted by Gasteiger charge is -2.13. The molecule has 0 bridgehead atoms. The summed E-state index contributed by atoms with van der Waals surface area (Å²) < 4.78 is 4.91. The average Bonchev–Trinajstić information content (AvgIpc) is 3.87. The third kappa shape index (κ3) is 3.57. The number of benzene rings is 9. The summed E-state index contributed by atoms with van der Waals surface area (Å²) >= 11 is 0. The SMILES string of the molecule is c1ccc2c(c1)ccc1cc(-c3nc(-n4c5ccccc5c5c6c7ccccc7n7c8c9ccccc9ccc8c(cc54)c67)c4ccccc4n3)ccc12. The summed E-state index contributed by atoms with van der Waals surface area (Å²) in [5.74, 6) is 1.59. The van der Waals surface area contributed by atoms with Crippen molar-refractivity contribution in [1.82, 2.24) is 18.9 Å². The van der Waals surface area contributed by atoms with E-state index in [9.17, 15) is 0 Å². The highest BCUT2D eigenvalue weighted by Gasteiger charge is 2.26. The Balaban J connectivity index is 1.18. The van der Waals surface area contributed by atoms with Crippen LogP contribution >= 0.6 is 0 Å². The van der Waals surface area contributed by atoms with Gasteiger partial charge in [-0.15, -0.1) is 0 Å². The molecular weight excluding hydrogens is 657 g/mol. The van der Waals surface area contributed by atoms with Crippen LogP contribution in [0.3, 0.4) is 0 Å². The number of hydrogen-bond acceptors (Lipinski definition) is 2. The van der Waals surface area contributed by atoms with E-state index in [2.05, 4.69) is 179 Å². The molecule has 0 amide bonds. The Labute approximate surface area is 308 Å². The molecule has 4 heterocycles. The van der Waals surface area contributed by atoms with Crippen molar-refractivity contribution in [2.45, 2.75) is 0 Å². The van der Waals surface area contributed by atoms with E-state index >= 15 is 0 Å². The fraction of sp³-hybridized carbons (Fsp3) is 0. The zero-order valence-electron chi connectivity index (χ0n) is 29.0. The van der Waals surface area contributed by atoms with E-state index in [1.807, 2.05) is 0 Å². The highest BCUT2D eigenvalue weighted by Crippen LogP contribution is 2.48. The van der Waals surface area contributed by atoms with Gasteiger partial charge in [-0.3, -0.25) is 4.57 Å². The van der Waals surface area contributed by atoms with Crippen molar-refractivity contribution in [3.63, 3.8) is 0 Å². The molecule has 13 rings (SSSR count). The lowest BCUT2D eigenvalue weighted by molar-refractivity contribution is 1.08. The van der Waals surface area contributed by atoms with Crippen LogP contribution in [-0.4, -0.2) is 18.9 Å². The van der Waals surface area contributed by atoms with Crippen LogP contribution in [0.1, 0.15) is 0 Å². The van der Waals surface area contributed by atoms with Gasteiger partial charge in [-0.05, 0) is 63.3 Å². The maximum Gasteiger partial charge on any atom is 0.162 e. The molecule has 4 nitrogen and oxygen atoms in total. The summed E-state index contributed by atoms with van der Waals surface area (Å²) in [5.41, 5.74) is 7.94. The third-order valence-corrected chi connectivity index (χ3v) is 11.8.